The molecule has 1 unspecified atom stereocenters. The number of benzene rings is 1. The molecule has 0 amide bonds. The van der Waals surface area contributed by atoms with Crippen LogP contribution < -0.4 is 10.5 Å². The van der Waals surface area contributed by atoms with Crippen molar-refractivity contribution < 1.29 is 4.74 Å². The molecule has 0 bridgehead atoms. The summed E-state index contributed by atoms with van der Waals surface area (Å²) in [5, 5.41) is 0. The van der Waals surface area contributed by atoms with Crippen LogP contribution in [0.2, 0.25) is 0 Å². The van der Waals surface area contributed by atoms with Crippen LogP contribution in [-0.4, -0.2) is 24.1 Å². The Kier molecular flexibility index (Phi) is 5.44. The van der Waals surface area contributed by atoms with Gasteiger partial charge < -0.3 is 10.5 Å². The highest BCUT2D eigenvalue weighted by atomic mass is 16.5. The lowest BCUT2D eigenvalue weighted by molar-refractivity contribution is 0.176. The molecule has 1 aromatic carbocycles. The molecule has 0 aliphatic carbocycles. The van der Waals surface area contributed by atoms with Crippen LogP contribution in [-0.2, 0) is 13.1 Å². The van der Waals surface area contributed by atoms with Crippen molar-refractivity contribution in [3.8, 4) is 5.75 Å². The second-order valence-electron chi connectivity index (χ2n) is 6.30. The standard InChI is InChI=1S/C17H28N2O/c1-13(2)20-17-9-15(6-7-16(17)10-18)12-19-8-4-5-14(3)11-19/h6-7,9,13-14H,4-5,8,10-12,18H2,1-3H3. The Labute approximate surface area is 123 Å². The first-order valence-corrected chi connectivity index (χ1v) is 7.79. The summed E-state index contributed by atoms with van der Waals surface area (Å²) in [5.41, 5.74) is 8.21. The lowest BCUT2D eigenvalue weighted by Gasteiger charge is -2.31. The fraction of sp³-hybridized carbons (Fsp3) is 0.647. The highest BCUT2D eigenvalue weighted by Crippen LogP contribution is 2.24. The maximum atomic E-state index is 5.89. The van der Waals surface area contributed by atoms with Crippen LogP contribution in [0.15, 0.2) is 18.2 Å². The first-order chi connectivity index (χ1) is 9.58. The average Bonchev–Trinajstić information content (AvgIpc) is 2.38. The third-order valence-corrected chi connectivity index (χ3v) is 3.86. The van der Waals surface area contributed by atoms with Crippen molar-refractivity contribution in [3.05, 3.63) is 29.3 Å². The minimum Gasteiger partial charge on any atom is -0.491 e. The van der Waals surface area contributed by atoms with Crippen molar-refractivity contribution in [1.29, 1.82) is 0 Å². The number of rotatable bonds is 5. The Bertz CT molecular complexity index is 431. The van der Waals surface area contributed by atoms with Crippen molar-refractivity contribution in [3.63, 3.8) is 0 Å². The Morgan fingerprint density at radius 2 is 2.20 bits per heavy atom. The number of ether oxygens (including phenoxy) is 1. The summed E-state index contributed by atoms with van der Waals surface area (Å²) in [4.78, 5) is 2.55. The van der Waals surface area contributed by atoms with Gasteiger partial charge in [-0.15, -0.1) is 0 Å². The van der Waals surface area contributed by atoms with Crippen molar-refractivity contribution in [1.82, 2.24) is 4.90 Å². The number of likely N-dealkylation sites (tertiary alicyclic amines) is 1. The maximum absolute atomic E-state index is 5.89. The lowest BCUT2D eigenvalue weighted by atomic mass is 9.99. The summed E-state index contributed by atoms with van der Waals surface area (Å²) in [5.74, 6) is 1.77. The molecular formula is C17H28N2O. The van der Waals surface area contributed by atoms with E-state index in [-0.39, 0.29) is 6.10 Å². The highest BCUT2D eigenvalue weighted by molar-refractivity contribution is 5.37. The number of hydrogen-bond donors (Lipinski definition) is 1. The predicted octanol–water partition coefficient (Wildman–Crippen LogP) is 3.16. The summed E-state index contributed by atoms with van der Waals surface area (Å²) in [6, 6.07) is 6.47. The van der Waals surface area contributed by atoms with E-state index in [0.717, 1.165) is 23.8 Å². The van der Waals surface area contributed by atoms with Gasteiger partial charge in [-0.25, -0.2) is 0 Å². The van der Waals surface area contributed by atoms with Gasteiger partial charge in [0.05, 0.1) is 6.10 Å². The SMILES string of the molecule is CC1CCCN(Cc2ccc(CN)c(OC(C)C)c2)C1. The van der Waals surface area contributed by atoms with Gasteiger partial charge in [-0.1, -0.05) is 19.1 Å². The van der Waals surface area contributed by atoms with Gasteiger partial charge in [-0.05, 0) is 50.8 Å². The molecule has 1 fully saturated rings. The van der Waals surface area contributed by atoms with Crippen LogP contribution in [0.1, 0.15) is 44.7 Å². The zero-order chi connectivity index (χ0) is 14.5. The topological polar surface area (TPSA) is 38.5 Å². The Hall–Kier alpha value is -1.06. The van der Waals surface area contributed by atoms with Crippen LogP contribution in [0.5, 0.6) is 5.75 Å². The molecule has 1 aromatic rings. The zero-order valence-corrected chi connectivity index (χ0v) is 13.1. The van der Waals surface area contributed by atoms with E-state index in [9.17, 15) is 0 Å². The number of nitrogens with zero attached hydrogens (tertiary/aromatic N) is 1. The third-order valence-electron chi connectivity index (χ3n) is 3.86. The monoisotopic (exact) mass is 276 g/mol. The Morgan fingerprint density at radius 3 is 2.85 bits per heavy atom. The van der Waals surface area contributed by atoms with E-state index in [1.807, 2.05) is 0 Å². The molecule has 3 heteroatoms. The minimum atomic E-state index is 0.186. The van der Waals surface area contributed by atoms with Crippen LogP contribution >= 0.6 is 0 Å². The molecule has 112 valence electrons. The molecule has 0 saturated carbocycles. The van der Waals surface area contributed by atoms with Crippen LogP contribution in [0.3, 0.4) is 0 Å². The largest absolute Gasteiger partial charge is 0.491 e. The van der Waals surface area contributed by atoms with Gasteiger partial charge in [0.2, 0.25) is 0 Å². The maximum Gasteiger partial charge on any atom is 0.124 e. The average molecular weight is 276 g/mol. The van der Waals surface area contributed by atoms with E-state index in [1.54, 1.807) is 0 Å². The summed E-state index contributed by atoms with van der Waals surface area (Å²) in [6.45, 7) is 10.4. The van der Waals surface area contributed by atoms with E-state index < -0.39 is 0 Å². The zero-order valence-electron chi connectivity index (χ0n) is 13.1. The van der Waals surface area contributed by atoms with Crippen molar-refractivity contribution in [2.45, 2.75) is 52.8 Å². The molecule has 1 saturated heterocycles. The van der Waals surface area contributed by atoms with Crippen LogP contribution in [0.4, 0.5) is 0 Å². The quantitative estimate of drug-likeness (QED) is 0.897. The highest BCUT2D eigenvalue weighted by Gasteiger charge is 2.16. The van der Waals surface area contributed by atoms with Gasteiger partial charge in [-0.3, -0.25) is 4.90 Å². The van der Waals surface area contributed by atoms with E-state index in [0.29, 0.717) is 6.54 Å². The van der Waals surface area contributed by atoms with Gasteiger partial charge >= 0.3 is 0 Å². The van der Waals surface area contributed by atoms with Crippen LogP contribution in [0.25, 0.3) is 0 Å². The van der Waals surface area contributed by atoms with Gasteiger partial charge in [0.25, 0.3) is 0 Å². The Balaban J connectivity index is 2.07. The van der Waals surface area contributed by atoms with E-state index in [4.69, 9.17) is 10.5 Å². The summed E-state index contributed by atoms with van der Waals surface area (Å²) in [6.07, 6.45) is 2.87. The van der Waals surface area contributed by atoms with Gasteiger partial charge in [0.15, 0.2) is 0 Å². The van der Waals surface area contributed by atoms with E-state index in [1.165, 1.54) is 31.5 Å². The second kappa shape index (κ2) is 7.09. The Morgan fingerprint density at radius 1 is 1.40 bits per heavy atom. The van der Waals surface area contributed by atoms with Gasteiger partial charge in [0.1, 0.15) is 5.75 Å². The third kappa shape index (κ3) is 4.22. The lowest BCUT2D eigenvalue weighted by Crippen LogP contribution is -2.33. The molecule has 0 aromatic heterocycles. The number of piperidine rings is 1. The second-order valence-corrected chi connectivity index (χ2v) is 6.30. The smallest absolute Gasteiger partial charge is 0.124 e. The molecule has 2 rings (SSSR count). The van der Waals surface area contributed by atoms with Gasteiger partial charge in [0, 0.05) is 25.2 Å². The fourth-order valence-corrected chi connectivity index (χ4v) is 2.92. The first kappa shape index (κ1) is 15.3. The molecule has 1 atom stereocenters. The molecule has 1 heterocycles. The normalized spacial score (nSPS) is 20.4. The van der Waals surface area contributed by atoms with Crippen LogP contribution in [0, 0.1) is 5.92 Å². The molecule has 20 heavy (non-hydrogen) atoms. The molecule has 3 nitrogen and oxygen atoms in total. The van der Waals surface area contributed by atoms with Crippen molar-refractivity contribution >= 4 is 0 Å². The van der Waals surface area contributed by atoms with Gasteiger partial charge in [-0.2, -0.15) is 0 Å². The molecule has 1 aliphatic heterocycles. The minimum absolute atomic E-state index is 0.186. The van der Waals surface area contributed by atoms with Crippen molar-refractivity contribution in [2.24, 2.45) is 11.7 Å². The molecule has 0 radical (unpaired) electrons. The van der Waals surface area contributed by atoms with E-state index in [2.05, 4.69) is 43.9 Å². The molecule has 2 N–H and O–H groups in total. The summed E-state index contributed by atoms with van der Waals surface area (Å²) >= 11 is 0. The number of hydrogen-bond acceptors (Lipinski definition) is 3. The summed E-state index contributed by atoms with van der Waals surface area (Å²) < 4.78 is 5.89. The van der Waals surface area contributed by atoms with Crippen molar-refractivity contribution in [2.75, 3.05) is 13.1 Å². The molecule has 0 spiro atoms. The van der Waals surface area contributed by atoms with E-state index >= 15 is 0 Å². The molecular weight excluding hydrogens is 248 g/mol. The predicted molar refractivity (Wildman–Crippen MR) is 83.8 cm³/mol. The molecule has 1 aliphatic rings. The summed E-state index contributed by atoms with van der Waals surface area (Å²) in [7, 11) is 0. The number of nitrogens with two attached hydrogens (primary N) is 1. The first-order valence-electron chi connectivity index (χ1n) is 7.79. The fourth-order valence-electron chi connectivity index (χ4n) is 2.92.